The second-order valence-corrected chi connectivity index (χ2v) is 7.13. The summed E-state index contributed by atoms with van der Waals surface area (Å²) in [4.78, 5) is 28.8. The third-order valence-electron chi connectivity index (χ3n) is 5.45. The van der Waals surface area contributed by atoms with Gasteiger partial charge in [-0.25, -0.2) is 4.79 Å². The van der Waals surface area contributed by atoms with E-state index in [1.54, 1.807) is 4.90 Å². The number of benzene rings is 1. The van der Waals surface area contributed by atoms with E-state index in [-0.39, 0.29) is 11.9 Å². The molecule has 1 aliphatic heterocycles. The van der Waals surface area contributed by atoms with Crippen LogP contribution >= 0.6 is 0 Å². The summed E-state index contributed by atoms with van der Waals surface area (Å²) in [6.07, 6.45) is 6.67. The van der Waals surface area contributed by atoms with Gasteiger partial charge in [0, 0.05) is 37.8 Å². The van der Waals surface area contributed by atoms with Gasteiger partial charge in [-0.1, -0.05) is 38.3 Å². The SMILES string of the molecule is CCc1ccc(NC(=O)N2CCN(C(=O)C3CCCCC3)CC2)cc1. The minimum Gasteiger partial charge on any atom is -0.339 e. The fraction of sp³-hybridized carbons (Fsp3) is 0.600. The first-order valence-corrected chi connectivity index (χ1v) is 9.61. The van der Waals surface area contributed by atoms with Crippen molar-refractivity contribution >= 4 is 17.6 Å². The molecule has 2 aliphatic rings. The zero-order chi connectivity index (χ0) is 17.6. The van der Waals surface area contributed by atoms with E-state index in [4.69, 9.17) is 0 Å². The van der Waals surface area contributed by atoms with Gasteiger partial charge in [-0.2, -0.15) is 0 Å². The van der Waals surface area contributed by atoms with Crippen molar-refractivity contribution in [3.63, 3.8) is 0 Å². The highest BCUT2D eigenvalue weighted by Crippen LogP contribution is 2.25. The number of rotatable bonds is 3. The average Bonchev–Trinajstić information content (AvgIpc) is 2.69. The van der Waals surface area contributed by atoms with Crippen LogP contribution in [0.1, 0.15) is 44.6 Å². The van der Waals surface area contributed by atoms with Gasteiger partial charge in [0.1, 0.15) is 0 Å². The Morgan fingerprint density at radius 1 is 0.960 bits per heavy atom. The summed E-state index contributed by atoms with van der Waals surface area (Å²) in [5, 5.41) is 2.95. The van der Waals surface area contributed by atoms with Crippen molar-refractivity contribution in [2.24, 2.45) is 5.92 Å². The molecule has 0 bridgehead atoms. The number of carbonyl (C=O) groups is 2. The molecule has 3 amide bonds. The van der Waals surface area contributed by atoms with E-state index < -0.39 is 0 Å². The minimum absolute atomic E-state index is 0.0750. The summed E-state index contributed by atoms with van der Waals surface area (Å²) in [5.41, 5.74) is 2.08. The predicted molar refractivity (Wildman–Crippen MR) is 99.6 cm³/mol. The number of nitrogens with zero attached hydrogens (tertiary/aromatic N) is 2. The number of carbonyl (C=O) groups excluding carboxylic acids is 2. The van der Waals surface area contributed by atoms with E-state index in [1.165, 1.54) is 24.8 Å². The molecule has 5 heteroatoms. The van der Waals surface area contributed by atoms with Crippen molar-refractivity contribution in [2.45, 2.75) is 45.4 Å². The van der Waals surface area contributed by atoms with E-state index in [1.807, 2.05) is 29.2 Å². The monoisotopic (exact) mass is 343 g/mol. The molecule has 0 atom stereocenters. The molecular weight excluding hydrogens is 314 g/mol. The van der Waals surface area contributed by atoms with Gasteiger partial charge >= 0.3 is 6.03 Å². The largest absolute Gasteiger partial charge is 0.339 e. The minimum atomic E-state index is -0.0750. The van der Waals surface area contributed by atoms with Crippen molar-refractivity contribution in [1.29, 1.82) is 0 Å². The molecule has 5 nitrogen and oxygen atoms in total. The molecule has 0 radical (unpaired) electrons. The summed E-state index contributed by atoms with van der Waals surface area (Å²) < 4.78 is 0. The maximum absolute atomic E-state index is 12.6. The number of aryl methyl sites for hydroxylation is 1. The Kier molecular flexibility index (Phi) is 5.95. The van der Waals surface area contributed by atoms with Crippen molar-refractivity contribution < 1.29 is 9.59 Å². The Morgan fingerprint density at radius 2 is 1.56 bits per heavy atom. The summed E-state index contributed by atoms with van der Waals surface area (Å²) in [6, 6.07) is 7.89. The second-order valence-electron chi connectivity index (χ2n) is 7.13. The number of nitrogens with one attached hydrogen (secondary N) is 1. The molecule has 1 aromatic rings. The molecule has 3 rings (SSSR count). The molecule has 1 saturated carbocycles. The molecule has 0 spiro atoms. The molecule has 1 aromatic carbocycles. The fourth-order valence-electron chi connectivity index (χ4n) is 3.76. The number of anilines is 1. The summed E-state index contributed by atoms with van der Waals surface area (Å²) in [5.74, 6) is 0.515. The average molecular weight is 343 g/mol. The molecule has 0 unspecified atom stereocenters. The molecule has 136 valence electrons. The molecule has 1 aliphatic carbocycles. The van der Waals surface area contributed by atoms with Gasteiger partial charge in [0.25, 0.3) is 0 Å². The van der Waals surface area contributed by atoms with Gasteiger partial charge in [0.2, 0.25) is 5.91 Å². The smallest absolute Gasteiger partial charge is 0.321 e. The van der Waals surface area contributed by atoms with Crippen LogP contribution in [0, 0.1) is 5.92 Å². The van der Waals surface area contributed by atoms with Gasteiger partial charge in [-0.3, -0.25) is 4.79 Å². The van der Waals surface area contributed by atoms with Crippen molar-refractivity contribution in [3.8, 4) is 0 Å². The first kappa shape index (κ1) is 17.8. The second kappa shape index (κ2) is 8.37. The van der Waals surface area contributed by atoms with Crippen LogP contribution in [0.2, 0.25) is 0 Å². The lowest BCUT2D eigenvalue weighted by Crippen LogP contribution is -2.53. The first-order chi connectivity index (χ1) is 12.2. The molecule has 1 saturated heterocycles. The zero-order valence-corrected chi connectivity index (χ0v) is 15.2. The lowest BCUT2D eigenvalue weighted by molar-refractivity contribution is -0.137. The van der Waals surface area contributed by atoms with Gasteiger partial charge in [-0.05, 0) is 37.0 Å². The maximum Gasteiger partial charge on any atom is 0.321 e. The Morgan fingerprint density at radius 3 is 2.16 bits per heavy atom. The normalized spacial score (nSPS) is 18.9. The highest BCUT2D eigenvalue weighted by atomic mass is 16.2. The third-order valence-corrected chi connectivity index (χ3v) is 5.45. The van der Waals surface area contributed by atoms with Gasteiger partial charge in [0.15, 0.2) is 0 Å². The van der Waals surface area contributed by atoms with Gasteiger partial charge < -0.3 is 15.1 Å². The zero-order valence-electron chi connectivity index (χ0n) is 15.2. The van der Waals surface area contributed by atoms with Crippen molar-refractivity contribution in [3.05, 3.63) is 29.8 Å². The standard InChI is InChI=1S/C20H29N3O2/c1-2-16-8-10-18(11-9-16)21-20(25)23-14-12-22(13-15-23)19(24)17-6-4-3-5-7-17/h8-11,17H,2-7,12-15H2,1H3,(H,21,25). The molecular formula is C20H29N3O2. The fourth-order valence-corrected chi connectivity index (χ4v) is 3.76. The first-order valence-electron chi connectivity index (χ1n) is 9.61. The van der Waals surface area contributed by atoms with Gasteiger partial charge in [0.05, 0.1) is 0 Å². The molecule has 1 N–H and O–H groups in total. The van der Waals surface area contributed by atoms with E-state index in [9.17, 15) is 9.59 Å². The van der Waals surface area contributed by atoms with Crippen LogP contribution in [-0.4, -0.2) is 47.9 Å². The van der Waals surface area contributed by atoms with Gasteiger partial charge in [-0.15, -0.1) is 0 Å². The number of hydrogen-bond donors (Lipinski definition) is 1. The topological polar surface area (TPSA) is 52.7 Å². The highest BCUT2D eigenvalue weighted by molar-refractivity contribution is 5.89. The van der Waals surface area contributed by atoms with E-state index in [2.05, 4.69) is 12.2 Å². The molecule has 0 aromatic heterocycles. The maximum atomic E-state index is 12.6. The van der Waals surface area contributed by atoms with Crippen LogP contribution in [0.5, 0.6) is 0 Å². The predicted octanol–water partition coefficient (Wildman–Crippen LogP) is 3.51. The molecule has 2 fully saturated rings. The number of urea groups is 1. The Bertz CT molecular complexity index is 585. The van der Waals surface area contributed by atoms with Crippen LogP contribution in [0.3, 0.4) is 0 Å². The lowest BCUT2D eigenvalue weighted by Gasteiger charge is -2.37. The van der Waals surface area contributed by atoms with E-state index >= 15 is 0 Å². The number of amides is 3. The highest BCUT2D eigenvalue weighted by Gasteiger charge is 2.29. The van der Waals surface area contributed by atoms with Crippen LogP contribution in [0.25, 0.3) is 0 Å². The van der Waals surface area contributed by atoms with Crippen molar-refractivity contribution in [2.75, 3.05) is 31.5 Å². The Labute approximate surface area is 150 Å². The summed E-state index contributed by atoms with van der Waals surface area (Å²) in [6.45, 7) is 4.63. The number of piperazine rings is 1. The van der Waals surface area contributed by atoms with E-state index in [0.29, 0.717) is 32.1 Å². The van der Waals surface area contributed by atoms with E-state index in [0.717, 1.165) is 24.9 Å². The molecule has 25 heavy (non-hydrogen) atoms. The van der Waals surface area contributed by atoms with Crippen LogP contribution in [0.4, 0.5) is 10.5 Å². The van der Waals surface area contributed by atoms with Crippen LogP contribution in [-0.2, 0) is 11.2 Å². The van der Waals surface area contributed by atoms with Crippen LogP contribution in [0.15, 0.2) is 24.3 Å². The lowest BCUT2D eigenvalue weighted by atomic mass is 9.88. The molecule has 1 heterocycles. The number of hydrogen-bond acceptors (Lipinski definition) is 2. The summed E-state index contributed by atoms with van der Waals surface area (Å²) >= 11 is 0. The summed E-state index contributed by atoms with van der Waals surface area (Å²) in [7, 11) is 0. The van der Waals surface area contributed by atoms with Crippen LogP contribution < -0.4 is 5.32 Å². The van der Waals surface area contributed by atoms with Crippen molar-refractivity contribution in [1.82, 2.24) is 9.80 Å². The Balaban J connectivity index is 1.47. The third kappa shape index (κ3) is 4.53. The Hall–Kier alpha value is -2.04. The quantitative estimate of drug-likeness (QED) is 0.913.